The van der Waals surface area contributed by atoms with Crippen LogP contribution in [-0.2, 0) is 29.0 Å². The molecule has 1 saturated carbocycles. The lowest BCUT2D eigenvalue weighted by Crippen LogP contribution is -2.52. The van der Waals surface area contributed by atoms with Gasteiger partial charge in [0.25, 0.3) is 0 Å². The minimum absolute atomic E-state index is 0.0110. The third kappa shape index (κ3) is 7.29. The van der Waals surface area contributed by atoms with Gasteiger partial charge < -0.3 is 10.2 Å². The van der Waals surface area contributed by atoms with Crippen LogP contribution in [0.25, 0.3) is 0 Å². The van der Waals surface area contributed by atoms with E-state index < -0.39 is 6.04 Å². The van der Waals surface area contributed by atoms with Gasteiger partial charge in [0.2, 0.25) is 11.8 Å². The first-order valence-corrected chi connectivity index (χ1v) is 12.8. The first-order valence-electron chi connectivity index (χ1n) is 12.8. The number of carbonyl (C=O) groups is 2. The number of amides is 2. The van der Waals surface area contributed by atoms with Gasteiger partial charge in [-0.15, -0.1) is 0 Å². The lowest BCUT2D eigenvalue weighted by molar-refractivity contribution is -0.141. The molecule has 1 aliphatic carbocycles. The van der Waals surface area contributed by atoms with Crippen molar-refractivity contribution in [2.45, 2.75) is 70.5 Å². The summed E-state index contributed by atoms with van der Waals surface area (Å²) in [6.45, 7) is 2.48. The van der Waals surface area contributed by atoms with Crippen LogP contribution in [0.5, 0.6) is 0 Å². The van der Waals surface area contributed by atoms with Gasteiger partial charge in [-0.3, -0.25) is 9.59 Å². The Hall–Kier alpha value is -3.40. The van der Waals surface area contributed by atoms with Crippen LogP contribution in [0.4, 0.5) is 0 Å². The molecule has 0 aromatic heterocycles. The maximum Gasteiger partial charge on any atom is 0.243 e. The van der Waals surface area contributed by atoms with Gasteiger partial charge in [0.1, 0.15) is 6.04 Å². The van der Waals surface area contributed by atoms with E-state index in [2.05, 4.69) is 36.5 Å². The van der Waals surface area contributed by atoms with E-state index in [1.165, 1.54) is 5.56 Å². The average Bonchev–Trinajstić information content (AvgIpc) is 3.40. The Labute approximate surface area is 209 Å². The van der Waals surface area contributed by atoms with Crippen molar-refractivity contribution in [2.24, 2.45) is 0 Å². The van der Waals surface area contributed by atoms with Crippen LogP contribution in [0.3, 0.4) is 0 Å². The molecule has 1 fully saturated rings. The fourth-order valence-electron chi connectivity index (χ4n) is 4.85. The molecule has 0 heterocycles. The maximum atomic E-state index is 13.7. The minimum atomic E-state index is -0.552. The lowest BCUT2D eigenvalue weighted by Gasteiger charge is -2.32. The predicted molar refractivity (Wildman–Crippen MR) is 141 cm³/mol. The molecule has 4 nitrogen and oxygen atoms in total. The van der Waals surface area contributed by atoms with Gasteiger partial charge in [-0.2, -0.15) is 0 Å². The highest BCUT2D eigenvalue weighted by molar-refractivity contribution is 5.88. The molecule has 0 radical (unpaired) electrons. The highest BCUT2D eigenvalue weighted by Crippen LogP contribution is 2.21. The first-order chi connectivity index (χ1) is 17.1. The molecule has 0 aliphatic heterocycles. The molecule has 3 aromatic carbocycles. The number of benzene rings is 3. The molecule has 2 amide bonds. The number of hydrogen-bond donors (Lipinski definition) is 1. The van der Waals surface area contributed by atoms with Crippen LogP contribution in [-0.4, -0.2) is 28.8 Å². The zero-order chi connectivity index (χ0) is 24.5. The Bertz CT molecular complexity index is 1070. The fourth-order valence-corrected chi connectivity index (χ4v) is 4.85. The summed E-state index contributed by atoms with van der Waals surface area (Å²) in [5.74, 6) is -0.0303. The van der Waals surface area contributed by atoms with Gasteiger partial charge in [-0.1, -0.05) is 103 Å². The number of carbonyl (C=O) groups excluding carboxylic acids is 2. The van der Waals surface area contributed by atoms with Gasteiger partial charge in [-0.05, 0) is 42.9 Å². The average molecular weight is 469 g/mol. The summed E-state index contributed by atoms with van der Waals surface area (Å²) in [5, 5.41) is 3.27. The van der Waals surface area contributed by atoms with Crippen molar-refractivity contribution in [1.29, 1.82) is 0 Å². The topological polar surface area (TPSA) is 49.4 Å². The van der Waals surface area contributed by atoms with Gasteiger partial charge in [0.15, 0.2) is 0 Å². The minimum Gasteiger partial charge on any atom is -0.352 e. The number of hydrogen-bond acceptors (Lipinski definition) is 2. The van der Waals surface area contributed by atoms with E-state index >= 15 is 0 Å². The van der Waals surface area contributed by atoms with Crippen molar-refractivity contribution in [1.82, 2.24) is 10.2 Å². The summed E-state index contributed by atoms with van der Waals surface area (Å²) in [5.41, 5.74) is 4.43. The largest absolute Gasteiger partial charge is 0.352 e. The first kappa shape index (κ1) is 24.7. The quantitative estimate of drug-likeness (QED) is 0.419. The molecule has 0 unspecified atom stereocenters. The van der Waals surface area contributed by atoms with Crippen LogP contribution in [0.15, 0.2) is 84.9 Å². The fraction of sp³-hybridized carbons (Fsp3) is 0.355. The Morgan fingerprint density at radius 1 is 0.829 bits per heavy atom. The number of aryl methyl sites for hydroxylation is 2. The monoisotopic (exact) mass is 468 g/mol. The van der Waals surface area contributed by atoms with Crippen LogP contribution in [0.1, 0.15) is 54.4 Å². The van der Waals surface area contributed by atoms with Crippen molar-refractivity contribution in [3.8, 4) is 0 Å². The Kier molecular flexibility index (Phi) is 8.72. The van der Waals surface area contributed by atoms with Crippen molar-refractivity contribution in [3.63, 3.8) is 0 Å². The second-order valence-corrected chi connectivity index (χ2v) is 9.69. The van der Waals surface area contributed by atoms with Crippen molar-refractivity contribution in [3.05, 3.63) is 107 Å². The molecule has 3 aromatic rings. The van der Waals surface area contributed by atoms with Gasteiger partial charge in [0, 0.05) is 25.4 Å². The van der Waals surface area contributed by atoms with Crippen LogP contribution in [0, 0.1) is 6.92 Å². The van der Waals surface area contributed by atoms with Gasteiger partial charge >= 0.3 is 0 Å². The molecule has 4 rings (SSSR count). The molecule has 4 heteroatoms. The Balaban J connectivity index is 1.58. The molecule has 182 valence electrons. The normalized spacial score (nSPS) is 14.4. The SMILES string of the molecule is Cc1ccc(CCC(=O)N(Cc2ccccc2)[C@H](Cc2ccccc2)C(=O)NC2CCCC2)cc1. The van der Waals surface area contributed by atoms with Crippen molar-refractivity contribution in [2.75, 3.05) is 0 Å². The highest BCUT2D eigenvalue weighted by Gasteiger charge is 2.31. The second kappa shape index (κ2) is 12.3. The van der Waals surface area contributed by atoms with Crippen LogP contribution >= 0.6 is 0 Å². The predicted octanol–water partition coefficient (Wildman–Crippen LogP) is 5.63. The van der Waals surface area contributed by atoms with E-state index in [-0.39, 0.29) is 17.9 Å². The third-order valence-electron chi connectivity index (χ3n) is 6.92. The molecule has 1 N–H and O–H groups in total. The van der Waals surface area contributed by atoms with E-state index in [0.717, 1.165) is 42.4 Å². The lowest BCUT2D eigenvalue weighted by atomic mass is 10.0. The summed E-state index contributed by atoms with van der Waals surface area (Å²) < 4.78 is 0. The highest BCUT2D eigenvalue weighted by atomic mass is 16.2. The van der Waals surface area contributed by atoms with Crippen LogP contribution in [0.2, 0.25) is 0 Å². The molecule has 35 heavy (non-hydrogen) atoms. The summed E-state index contributed by atoms with van der Waals surface area (Å²) >= 11 is 0. The van der Waals surface area contributed by atoms with E-state index in [9.17, 15) is 9.59 Å². The van der Waals surface area contributed by atoms with Crippen molar-refractivity contribution >= 4 is 11.8 Å². The van der Waals surface area contributed by atoms with E-state index in [4.69, 9.17) is 0 Å². The zero-order valence-electron chi connectivity index (χ0n) is 20.7. The number of nitrogens with zero attached hydrogens (tertiary/aromatic N) is 1. The molecule has 0 saturated heterocycles. The standard InChI is InChI=1S/C31H36N2O2/c1-24-16-18-25(19-17-24)20-21-30(34)33(23-27-12-6-3-7-13-27)29(22-26-10-4-2-5-11-26)31(35)32-28-14-8-9-15-28/h2-7,10-13,16-19,28-29H,8-9,14-15,20-23H2,1H3,(H,32,35)/t29-/m1/s1. The molecule has 0 spiro atoms. The molecule has 1 atom stereocenters. The Morgan fingerprint density at radius 3 is 2.06 bits per heavy atom. The van der Waals surface area contributed by atoms with Crippen LogP contribution < -0.4 is 5.32 Å². The smallest absolute Gasteiger partial charge is 0.243 e. The molecule has 1 aliphatic rings. The number of rotatable bonds is 10. The van der Waals surface area contributed by atoms with E-state index in [0.29, 0.717) is 25.8 Å². The molecule has 0 bridgehead atoms. The van der Waals surface area contributed by atoms with E-state index in [1.807, 2.05) is 60.7 Å². The molecular weight excluding hydrogens is 432 g/mol. The Morgan fingerprint density at radius 2 is 1.43 bits per heavy atom. The molecular formula is C31H36N2O2. The summed E-state index contributed by atoms with van der Waals surface area (Å²) in [6.07, 6.45) is 5.87. The third-order valence-corrected chi connectivity index (χ3v) is 6.92. The summed E-state index contributed by atoms with van der Waals surface area (Å²) in [7, 11) is 0. The second-order valence-electron chi connectivity index (χ2n) is 9.69. The zero-order valence-corrected chi connectivity index (χ0v) is 20.7. The maximum absolute atomic E-state index is 13.7. The van der Waals surface area contributed by atoms with Crippen molar-refractivity contribution < 1.29 is 9.59 Å². The summed E-state index contributed by atoms with van der Waals surface area (Å²) in [4.78, 5) is 29.2. The van der Waals surface area contributed by atoms with E-state index in [1.54, 1.807) is 4.90 Å². The summed E-state index contributed by atoms with van der Waals surface area (Å²) in [6, 6.07) is 28.0. The van der Waals surface area contributed by atoms with Gasteiger partial charge in [-0.25, -0.2) is 0 Å². The number of nitrogens with one attached hydrogen (secondary N) is 1. The van der Waals surface area contributed by atoms with Gasteiger partial charge in [0.05, 0.1) is 0 Å².